The molecule has 39 heavy (non-hydrogen) atoms. The molecule has 0 bridgehead atoms. The van der Waals surface area contributed by atoms with Crippen LogP contribution in [0, 0.1) is 5.92 Å². The number of benzene rings is 3. The summed E-state index contributed by atoms with van der Waals surface area (Å²) >= 11 is 0. The van der Waals surface area contributed by atoms with E-state index >= 15 is 0 Å². The highest BCUT2D eigenvalue weighted by Gasteiger charge is 2.35. The Bertz CT molecular complexity index is 1310. The van der Waals surface area contributed by atoms with Gasteiger partial charge in [0.2, 0.25) is 11.8 Å². The van der Waals surface area contributed by atoms with Gasteiger partial charge in [0.25, 0.3) is 11.8 Å². The molecule has 3 N–H and O–H groups in total. The van der Waals surface area contributed by atoms with Crippen molar-refractivity contribution < 1.29 is 23.9 Å². The highest BCUT2D eigenvalue weighted by Crippen LogP contribution is 2.26. The maximum absolute atomic E-state index is 12.9. The van der Waals surface area contributed by atoms with Gasteiger partial charge in [-0.2, -0.15) is 0 Å². The fourth-order valence-electron chi connectivity index (χ4n) is 4.29. The summed E-state index contributed by atoms with van der Waals surface area (Å²) in [7, 11) is 0. The number of amides is 4. The summed E-state index contributed by atoms with van der Waals surface area (Å²) in [5, 5.41) is 8.47. The first-order valence-corrected chi connectivity index (χ1v) is 13.0. The number of rotatable bonds is 11. The maximum Gasteiger partial charge on any atom is 0.255 e. The zero-order chi connectivity index (χ0) is 27.6. The van der Waals surface area contributed by atoms with Crippen LogP contribution in [-0.4, -0.2) is 49.9 Å². The van der Waals surface area contributed by atoms with Gasteiger partial charge in [0.05, 0.1) is 17.2 Å². The van der Waals surface area contributed by atoms with Crippen LogP contribution in [0.2, 0.25) is 0 Å². The Morgan fingerprint density at radius 2 is 1.62 bits per heavy atom. The molecule has 0 saturated carbocycles. The highest BCUT2D eigenvalue weighted by atomic mass is 16.5. The topological polar surface area (TPSA) is 117 Å². The van der Waals surface area contributed by atoms with Gasteiger partial charge in [-0.25, -0.2) is 0 Å². The number of nitrogens with one attached hydrogen (secondary N) is 3. The number of carbonyl (C=O) groups excluding carboxylic acids is 4. The fourth-order valence-corrected chi connectivity index (χ4v) is 4.29. The molecule has 0 spiro atoms. The standard InChI is InChI=1S/C30H32N4O5/c1-2-39-18-8-17-31-30(38)25-11-6-7-12-26(25)33-28(36)21-13-15-23(16-14-21)32-29(37)22-19-27(35)34(20-22)24-9-4-3-5-10-24/h3-7,9-16,22H,2,8,17-20H2,1H3,(H,31,38)(H,32,37)(H,33,36). The summed E-state index contributed by atoms with van der Waals surface area (Å²) in [6, 6.07) is 22.5. The molecule has 1 aliphatic heterocycles. The highest BCUT2D eigenvalue weighted by molar-refractivity contribution is 6.09. The lowest BCUT2D eigenvalue weighted by Gasteiger charge is -2.16. The molecule has 1 aliphatic rings. The molecular formula is C30H32N4O5. The number of hydrogen-bond donors (Lipinski definition) is 3. The first-order chi connectivity index (χ1) is 19.0. The summed E-state index contributed by atoms with van der Waals surface area (Å²) < 4.78 is 5.28. The van der Waals surface area contributed by atoms with E-state index in [1.54, 1.807) is 53.4 Å². The van der Waals surface area contributed by atoms with E-state index in [0.717, 1.165) is 5.69 Å². The van der Waals surface area contributed by atoms with E-state index in [9.17, 15) is 19.2 Å². The van der Waals surface area contributed by atoms with E-state index < -0.39 is 5.92 Å². The van der Waals surface area contributed by atoms with E-state index in [0.29, 0.717) is 55.2 Å². The number of ether oxygens (including phenoxy) is 1. The second kappa shape index (κ2) is 13.3. The Morgan fingerprint density at radius 1 is 0.897 bits per heavy atom. The second-order valence-corrected chi connectivity index (χ2v) is 9.11. The molecule has 1 heterocycles. The molecule has 9 heteroatoms. The van der Waals surface area contributed by atoms with Crippen molar-refractivity contribution in [3.8, 4) is 0 Å². The summed E-state index contributed by atoms with van der Waals surface area (Å²) in [4.78, 5) is 52.4. The van der Waals surface area contributed by atoms with Gasteiger partial charge in [-0.15, -0.1) is 0 Å². The number of nitrogens with zero attached hydrogens (tertiary/aromatic N) is 1. The molecule has 4 amide bonds. The van der Waals surface area contributed by atoms with Gasteiger partial charge in [0, 0.05) is 49.7 Å². The number of para-hydroxylation sites is 2. The van der Waals surface area contributed by atoms with Crippen molar-refractivity contribution in [2.45, 2.75) is 19.8 Å². The van der Waals surface area contributed by atoms with Crippen LogP contribution in [0.25, 0.3) is 0 Å². The van der Waals surface area contributed by atoms with Gasteiger partial charge in [0.15, 0.2) is 0 Å². The number of anilines is 3. The third kappa shape index (κ3) is 7.30. The van der Waals surface area contributed by atoms with Crippen LogP contribution >= 0.6 is 0 Å². The Morgan fingerprint density at radius 3 is 2.36 bits per heavy atom. The van der Waals surface area contributed by atoms with Crippen molar-refractivity contribution in [2.24, 2.45) is 5.92 Å². The largest absolute Gasteiger partial charge is 0.382 e. The normalized spacial score (nSPS) is 14.6. The lowest BCUT2D eigenvalue weighted by atomic mass is 10.1. The van der Waals surface area contributed by atoms with Crippen molar-refractivity contribution in [2.75, 3.05) is 41.8 Å². The molecule has 1 fully saturated rings. The molecule has 1 unspecified atom stereocenters. The minimum atomic E-state index is -0.470. The van der Waals surface area contributed by atoms with Gasteiger partial charge in [-0.3, -0.25) is 19.2 Å². The number of carbonyl (C=O) groups is 4. The molecule has 1 saturated heterocycles. The van der Waals surface area contributed by atoms with Gasteiger partial charge in [-0.05, 0) is 61.9 Å². The Hall–Kier alpha value is -4.50. The fraction of sp³-hybridized carbons (Fsp3) is 0.267. The Kier molecular flexibility index (Phi) is 9.42. The van der Waals surface area contributed by atoms with Crippen LogP contribution in [0.15, 0.2) is 78.9 Å². The predicted molar refractivity (Wildman–Crippen MR) is 150 cm³/mol. The molecule has 9 nitrogen and oxygen atoms in total. The van der Waals surface area contributed by atoms with Crippen LogP contribution in [0.1, 0.15) is 40.5 Å². The van der Waals surface area contributed by atoms with E-state index in [2.05, 4.69) is 16.0 Å². The molecule has 202 valence electrons. The predicted octanol–water partition coefficient (Wildman–Crippen LogP) is 4.09. The molecule has 0 aromatic heterocycles. The van der Waals surface area contributed by atoms with Crippen LogP contribution in [0.5, 0.6) is 0 Å². The van der Waals surface area contributed by atoms with E-state index in [4.69, 9.17) is 4.74 Å². The first-order valence-electron chi connectivity index (χ1n) is 13.0. The van der Waals surface area contributed by atoms with Crippen molar-refractivity contribution in [1.82, 2.24) is 5.32 Å². The third-order valence-electron chi connectivity index (χ3n) is 6.35. The lowest BCUT2D eigenvalue weighted by molar-refractivity contribution is -0.122. The first kappa shape index (κ1) is 27.5. The van der Waals surface area contributed by atoms with Crippen molar-refractivity contribution in [1.29, 1.82) is 0 Å². The monoisotopic (exact) mass is 528 g/mol. The maximum atomic E-state index is 12.9. The average Bonchev–Trinajstić information content (AvgIpc) is 3.35. The quantitative estimate of drug-likeness (QED) is 0.324. The molecule has 4 rings (SSSR count). The number of hydrogen-bond acceptors (Lipinski definition) is 5. The molecule has 1 atom stereocenters. The summed E-state index contributed by atoms with van der Waals surface area (Å²) in [5.74, 6) is -1.48. The Balaban J connectivity index is 1.32. The van der Waals surface area contributed by atoms with Crippen molar-refractivity contribution in [3.63, 3.8) is 0 Å². The average molecular weight is 529 g/mol. The molecule has 3 aromatic rings. The van der Waals surface area contributed by atoms with Gasteiger partial charge >= 0.3 is 0 Å². The van der Waals surface area contributed by atoms with Crippen molar-refractivity contribution in [3.05, 3.63) is 90.0 Å². The van der Waals surface area contributed by atoms with Crippen molar-refractivity contribution >= 4 is 40.7 Å². The van der Waals surface area contributed by atoms with E-state index in [-0.39, 0.29) is 30.0 Å². The molecule has 0 aliphatic carbocycles. The molecular weight excluding hydrogens is 496 g/mol. The van der Waals surface area contributed by atoms with Gasteiger partial charge in [0.1, 0.15) is 0 Å². The van der Waals surface area contributed by atoms with Crippen LogP contribution in [0.3, 0.4) is 0 Å². The SMILES string of the molecule is CCOCCCNC(=O)c1ccccc1NC(=O)c1ccc(NC(=O)C2CC(=O)N(c3ccccc3)C2)cc1. The van der Waals surface area contributed by atoms with Gasteiger partial charge in [-0.1, -0.05) is 30.3 Å². The zero-order valence-corrected chi connectivity index (χ0v) is 21.8. The summed E-state index contributed by atoms with van der Waals surface area (Å²) in [5.41, 5.74) is 2.42. The van der Waals surface area contributed by atoms with Crippen LogP contribution in [0.4, 0.5) is 17.1 Å². The second-order valence-electron chi connectivity index (χ2n) is 9.11. The minimum absolute atomic E-state index is 0.0900. The summed E-state index contributed by atoms with van der Waals surface area (Å²) in [6.45, 7) is 3.89. The lowest BCUT2D eigenvalue weighted by Crippen LogP contribution is -2.28. The molecule has 0 radical (unpaired) electrons. The molecule has 3 aromatic carbocycles. The van der Waals surface area contributed by atoms with Gasteiger partial charge < -0.3 is 25.6 Å². The Labute approximate surface area is 227 Å². The van der Waals surface area contributed by atoms with E-state index in [1.165, 1.54) is 0 Å². The third-order valence-corrected chi connectivity index (χ3v) is 6.35. The smallest absolute Gasteiger partial charge is 0.255 e. The van der Waals surface area contributed by atoms with E-state index in [1.807, 2.05) is 37.3 Å². The minimum Gasteiger partial charge on any atom is -0.382 e. The van der Waals surface area contributed by atoms with Crippen LogP contribution < -0.4 is 20.9 Å². The summed E-state index contributed by atoms with van der Waals surface area (Å²) in [6.07, 6.45) is 0.833. The van der Waals surface area contributed by atoms with Crippen LogP contribution in [-0.2, 0) is 14.3 Å². The zero-order valence-electron chi connectivity index (χ0n) is 21.8.